The molecule has 0 spiro atoms. The lowest BCUT2D eigenvalue weighted by Gasteiger charge is -2.13. The zero-order valence-corrected chi connectivity index (χ0v) is 10.2. The van der Waals surface area contributed by atoms with E-state index in [1.165, 1.54) is 16.2 Å². The van der Waals surface area contributed by atoms with Crippen molar-refractivity contribution in [1.29, 1.82) is 0 Å². The number of thiophene rings is 1. The van der Waals surface area contributed by atoms with E-state index in [4.69, 9.17) is 0 Å². The van der Waals surface area contributed by atoms with Gasteiger partial charge >= 0.3 is 0 Å². The van der Waals surface area contributed by atoms with Crippen molar-refractivity contribution >= 4 is 11.3 Å². The van der Waals surface area contributed by atoms with Gasteiger partial charge in [-0.2, -0.15) is 0 Å². The summed E-state index contributed by atoms with van der Waals surface area (Å²) in [5.41, 5.74) is 0.528. The quantitative estimate of drug-likeness (QED) is 0.803. The zero-order valence-electron chi connectivity index (χ0n) is 9.42. The number of hydrogen-bond acceptors (Lipinski definition) is 2. The monoisotopic (exact) mass is 209 g/mol. The molecule has 1 heterocycles. The molecule has 1 nitrogen and oxygen atoms in total. The molecule has 1 saturated carbocycles. The molecular weight excluding hydrogens is 190 g/mol. The Bertz CT molecular complexity index is 327. The second-order valence-corrected chi connectivity index (χ2v) is 6.40. The van der Waals surface area contributed by atoms with Gasteiger partial charge in [0, 0.05) is 21.8 Å². The van der Waals surface area contributed by atoms with Crippen LogP contribution in [0.4, 0.5) is 0 Å². The fourth-order valence-electron chi connectivity index (χ4n) is 1.82. The van der Waals surface area contributed by atoms with Crippen LogP contribution < -0.4 is 5.32 Å². The molecule has 1 aromatic heterocycles. The molecule has 1 aromatic rings. The van der Waals surface area contributed by atoms with E-state index < -0.39 is 0 Å². The van der Waals surface area contributed by atoms with Crippen LogP contribution in [0.15, 0.2) is 12.1 Å². The maximum atomic E-state index is 3.68. The highest BCUT2D eigenvalue weighted by atomic mass is 32.1. The van der Waals surface area contributed by atoms with Gasteiger partial charge in [-0.05, 0) is 37.8 Å². The molecule has 0 aromatic carbocycles. The molecule has 0 bridgehead atoms. The Morgan fingerprint density at radius 3 is 2.57 bits per heavy atom. The molecule has 0 amide bonds. The van der Waals surface area contributed by atoms with E-state index in [1.807, 2.05) is 11.3 Å². The summed E-state index contributed by atoms with van der Waals surface area (Å²) >= 11 is 1.90. The van der Waals surface area contributed by atoms with Crippen LogP contribution in [0.5, 0.6) is 0 Å². The van der Waals surface area contributed by atoms with Crippen molar-refractivity contribution in [1.82, 2.24) is 5.32 Å². The molecular formula is C12H19NS. The smallest absolute Gasteiger partial charge is 0.0388 e. The molecule has 1 fully saturated rings. The summed E-state index contributed by atoms with van der Waals surface area (Å²) in [7, 11) is 0. The van der Waals surface area contributed by atoms with Crippen molar-refractivity contribution in [2.24, 2.45) is 5.41 Å². The standard InChI is InChI=1S/C12H19NS/c1-8-5-6-10(14-8)9(2)13-11-7-12(11,3)4/h5-6,9,11,13H,7H2,1-4H3. The summed E-state index contributed by atoms with van der Waals surface area (Å²) < 4.78 is 0. The first-order valence-electron chi connectivity index (χ1n) is 5.31. The van der Waals surface area contributed by atoms with Gasteiger partial charge < -0.3 is 5.32 Å². The van der Waals surface area contributed by atoms with Gasteiger partial charge in [0.15, 0.2) is 0 Å². The Kier molecular flexibility index (Phi) is 2.44. The third-order valence-electron chi connectivity index (χ3n) is 3.15. The van der Waals surface area contributed by atoms with E-state index in [1.54, 1.807) is 0 Å². The van der Waals surface area contributed by atoms with Crippen LogP contribution in [0, 0.1) is 12.3 Å². The van der Waals surface area contributed by atoms with E-state index in [0.717, 1.165) is 6.04 Å². The number of rotatable bonds is 3. The van der Waals surface area contributed by atoms with Crippen LogP contribution in [0.2, 0.25) is 0 Å². The molecule has 0 aliphatic heterocycles. The second kappa shape index (κ2) is 3.35. The summed E-state index contributed by atoms with van der Waals surface area (Å²) in [6.45, 7) is 9.09. The van der Waals surface area contributed by atoms with Crippen LogP contribution in [-0.4, -0.2) is 6.04 Å². The SMILES string of the molecule is Cc1ccc(C(C)NC2CC2(C)C)s1. The molecule has 0 saturated heterocycles. The molecule has 0 radical (unpaired) electrons. The highest BCUT2D eigenvalue weighted by molar-refractivity contribution is 7.12. The van der Waals surface area contributed by atoms with E-state index in [0.29, 0.717) is 11.5 Å². The van der Waals surface area contributed by atoms with Gasteiger partial charge in [0.25, 0.3) is 0 Å². The van der Waals surface area contributed by atoms with Crippen molar-refractivity contribution in [3.8, 4) is 0 Å². The topological polar surface area (TPSA) is 12.0 Å². The van der Waals surface area contributed by atoms with Crippen molar-refractivity contribution in [3.05, 3.63) is 21.9 Å². The molecule has 14 heavy (non-hydrogen) atoms. The first kappa shape index (κ1) is 10.2. The maximum absolute atomic E-state index is 3.68. The molecule has 1 aliphatic rings. The van der Waals surface area contributed by atoms with Crippen molar-refractivity contribution in [3.63, 3.8) is 0 Å². The Balaban J connectivity index is 1.94. The number of aryl methyl sites for hydroxylation is 1. The van der Waals surface area contributed by atoms with Crippen molar-refractivity contribution in [2.75, 3.05) is 0 Å². The number of hydrogen-bond donors (Lipinski definition) is 1. The predicted molar refractivity (Wildman–Crippen MR) is 62.8 cm³/mol. The van der Waals surface area contributed by atoms with Crippen molar-refractivity contribution in [2.45, 2.75) is 46.2 Å². The normalized spacial score (nSPS) is 26.1. The van der Waals surface area contributed by atoms with E-state index in [9.17, 15) is 0 Å². The Hall–Kier alpha value is -0.340. The maximum Gasteiger partial charge on any atom is 0.0388 e. The Labute approximate surface area is 90.5 Å². The molecule has 1 aliphatic carbocycles. The summed E-state index contributed by atoms with van der Waals surface area (Å²) in [5.74, 6) is 0. The van der Waals surface area contributed by atoms with Gasteiger partial charge in [-0.15, -0.1) is 11.3 Å². The largest absolute Gasteiger partial charge is 0.306 e. The molecule has 2 rings (SSSR count). The minimum Gasteiger partial charge on any atom is -0.306 e. The minimum atomic E-state index is 0.514. The fourth-order valence-corrected chi connectivity index (χ4v) is 2.71. The van der Waals surface area contributed by atoms with Crippen LogP contribution in [-0.2, 0) is 0 Å². The van der Waals surface area contributed by atoms with Gasteiger partial charge in [-0.3, -0.25) is 0 Å². The van der Waals surface area contributed by atoms with Gasteiger partial charge in [-0.1, -0.05) is 13.8 Å². The van der Waals surface area contributed by atoms with E-state index in [-0.39, 0.29) is 0 Å². The van der Waals surface area contributed by atoms with Crippen LogP contribution in [0.1, 0.15) is 43.0 Å². The van der Waals surface area contributed by atoms with Crippen molar-refractivity contribution < 1.29 is 0 Å². The molecule has 2 heteroatoms. The predicted octanol–water partition coefficient (Wildman–Crippen LogP) is 3.51. The third kappa shape index (κ3) is 2.01. The highest BCUT2D eigenvalue weighted by Gasteiger charge is 2.45. The average molecular weight is 209 g/mol. The van der Waals surface area contributed by atoms with Crippen LogP contribution in [0.25, 0.3) is 0 Å². The first-order valence-corrected chi connectivity index (χ1v) is 6.13. The van der Waals surface area contributed by atoms with Gasteiger partial charge in [0.2, 0.25) is 0 Å². The lowest BCUT2D eigenvalue weighted by Crippen LogP contribution is -2.23. The Morgan fingerprint density at radius 2 is 2.14 bits per heavy atom. The lowest BCUT2D eigenvalue weighted by molar-refractivity contribution is 0.496. The number of nitrogens with one attached hydrogen (secondary N) is 1. The van der Waals surface area contributed by atoms with Crippen LogP contribution >= 0.6 is 11.3 Å². The van der Waals surface area contributed by atoms with Gasteiger partial charge in [0.1, 0.15) is 0 Å². The molecule has 2 atom stereocenters. The fraction of sp³-hybridized carbons (Fsp3) is 0.667. The molecule has 78 valence electrons. The lowest BCUT2D eigenvalue weighted by atomic mass is 10.2. The van der Waals surface area contributed by atoms with E-state index in [2.05, 4.69) is 45.1 Å². The van der Waals surface area contributed by atoms with E-state index >= 15 is 0 Å². The highest BCUT2D eigenvalue weighted by Crippen LogP contribution is 2.45. The third-order valence-corrected chi connectivity index (χ3v) is 4.34. The van der Waals surface area contributed by atoms with Crippen LogP contribution in [0.3, 0.4) is 0 Å². The summed E-state index contributed by atoms with van der Waals surface area (Å²) in [6, 6.07) is 5.68. The van der Waals surface area contributed by atoms with Gasteiger partial charge in [0.05, 0.1) is 0 Å². The molecule has 2 unspecified atom stereocenters. The minimum absolute atomic E-state index is 0.514. The summed E-state index contributed by atoms with van der Waals surface area (Å²) in [6.07, 6.45) is 1.32. The Morgan fingerprint density at radius 1 is 1.50 bits per heavy atom. The zero-order chi connectivity index (χ0) is 10.3. The summed E-state index contributed by atoms with van der Waals surface area (Å²) in [5, 5.41) is 3.68. The average Bonchev–Trinajstić information content (AvgIpc) is 2.52. The second-order valence-electron chi connectivity index (χ2n) is 5.08. The first-order chi connectivity index (χ1) is 6.49. The van der Waals surface area contributed by atoms with Gasteiger partial charge in [-0.25, -0.2) is 0 Å². The summed E-state index contributed by atoms with van der Waals surface area (Å²) in [4.78, 5) is 2.87. The molecule has 1 N–H and O–H groups in total.